The molecule has 2 heterocycles. The van der Waals surface area contributed by atoms with Crippen LogP contribution in [0.15, 0.2) is 71.9 Å². The molecular formula is C25H22N4O5. The zero-order chi connectivity index (χ0) is 24.1. The minimum absolute atomic E-state index is 0.00376. The minimum atomic E-state index is -0.469. The van der Waals surface area contributed by atoms with E-state index in [0.29, 0.717) is 34.2 Å². The summed E-state index contributed by atoms with van der Waals surface area (Å²) in [5.74, 6) is -0.174. The number of anilines is 2. The Labute approximate surface area is 196 Å². The molecule has 2 aromatic carbocycles. The number of esters is 1. The number of nitrogens with one attached hydrogen (secondary N) is 1. The third kappa shape index (κ3) is 4.93. The third-order valence-electron chi connectivity index (χ3n) is 5.21. The summed E-state index contributed by atoms with van der Waals surface area (Å²) in [5.41, 5.74) is 2.69. The van der Waals surface area contributed by atoms with Crippen molar-refractivity contribution in [1.29, 1.82) is 0 Å². The average molecular weight is 458 g/mol. The molecule has 9 heteroatoms. The number of carbonyl (C=O) groups is 3. The second kappa shape index (κ2) is 9.95. The second-order valence-corrected chi connectivity index (χ2v) is 7.41. The first-order chi connectivity index (χ1) is 16.5. The molecule has 0 spiro atoms. The van der Waals surface area contributed by atoms with Crippen molar-refractivity contribution in [3.05, 3.63) is 78.0 Å². The van der Waals surface area contributed by atoms with Crippen LogP contribution in [0.3, 0.4) is 0 Å². The molecule has 0 bridgehead atoms. The summed E-state index contributed by atoms with van der Waals surface area (Å²) < 4.78 is 9.87. The monoisotopic (exact) mass is 458 g/mol. The van der Waals surface area contributed by atoms with Gasteiger partial charge in [0.2, 0.25) is 11.8 Å². The van der Waals surface area contributed by atoms with E-state index >= 15 is 0 Å². The Morgan fingerprint density at radius 2 is 1.76 bits per heavy atom. The summed E-state index contributed by atoms with van der Waals surface area (Å²) in [6.07, 6.45) is 1.56. The van der Waals surface area contributed by atoms with Gasteiger partial charge in [-0.25, -0.2) is 14.8 Å². The highest BCUT2D eigenvalue weighted by Crippen LogP contribution is 2.31. The van der Waals surface area contributed by atoms with Gasteiger partial charge in [0.05, 0.1) is 31.9 Å². The number of fused-ring (bicyclic) bond motifs is 1. The lowest BCUT2D eigenvalue weighted by Crippen LogP contribution is -2.39. The van der Waals surface area contributed by atoms with E-state index in [1.54, 1.807) is 61.8 Å². The topological polar surface area (TPSA) is 110 Å². The molecule has 1 aromatic heterocycles. The molecule has 0 radical (unpaired) electrons. The number of aromatic nitrogens is 1. The van der Waals surface area contributed by atoms with Crippen LogP contribution in [0.5, 0.6) is 5.75 Å². The SMILES string of the molecule is COC(=O)c1ccc(NC(=O)CN2C(=O)CC(c3ccc(OC)cc3)=Nc3cccnc32)cc1. The Kier molecular flexibility index (Phi) is 6.63. The van der Waals surface area contributed by atoms with Crippen molar-refractivity contribution < 1.29 is 23.9 Å². The summed E-state index contributed by atoms with van der Waals surface area (Å²) in [7, 11) is 2.88. The number of pyridine rings is 1. The number of amides is 2. The summed E-state index contributed by atoms with van der Waals surface area (Å²) in [5, 5.41) is 2.74. The Morgan fingerprint density at radius 1 is 1.03 bits per heavy atom. The molecule has 0 unspecified atom stereocenters. The van der Waals surface area contributed by atoms with Gasteiger partial charge in [0.25, 0.3) is 0 Å². The molecule has 0 saturated heterocycles. The molecule has 1 N–H and O–H groups in total. The highest BCUT2D eigenvalue weighted by molar-refractivity contribution is 6.18. The molecule has 4 rings (SSSR count). The Morgan fingerprint density at radius 3 is 2.44 bits per heavy atom. The van der Waals surface area contributed by atoms with Crippen LogP contribution in [0.4, 0.5) is 17.2 Å². The molecule has 0 atom stereocenters. The molecule has 0 fully saturated rings. The van der Waals surface area contributed by atoms with Crippen LogP contribution >= 0.6 is 0 Å². The van der Waals surface area contributed by atoms with Crippen molar-refractivity contribution in [2.75, 3.05) is 31.0 Å². The number of hydrogen-bond donors (Lipinski definition) is 1. The first kappa shape index (κ1) is 22.7. The number of carbonyl (C=O) groups excluding carboxylic acids is 3. The zero-order valence-corrected chi connectivity index (χ0v) is 18.6. The Bertz CT molecular complexity index is 1250. The van der Waals surface area contributed by atoms with Gasteiger partial charge in [0, 0.05) is 11.9 Å². The fraction of sp³-hybridized carbons (Fsp3) is 0.160. The summed E-state index contributed by atoms with van der Waals surface area (Å²) in [6.45, 7) is -0.243. The van der Waals surface area contributed by atoms with Crippen LogP contribution in [0, 0.1) is 0 Å². The van der Waals surface area contributed by atoms with Crippen molar-refractivity contribution in [3.63, 3.8) is 0 Å². The number of methoxy groups -OCH3 is 2. The Hall–Kier alpha value is -4.53. The second-order valence-electron chi connectivity index (χ2n) is 7.41. The van der Waals surface area contributed by atoms with E-state index in [1.807, 2.05) is 12.1 Å². The van der Waals surface area contributed by atoms with Gasteiger partial charge in [-0.3, -0.25) is 14.5 Å². The lowest BCUT2D eigenvalue weighted by Gasteiger charge is -2.20. The molecule has 9 nitrogen and oxygen atoms in total. The summed E-state index contributed by atoms with van der Waals surface area (Å²) >= 11 is 0. The van der Waals surface area contributed by atoms with Crippen molar-refractivity contribution in [1.82, 2.24) is 4.98 Å². The first-order valence-electron chi connectivity index (χ1n) is 10.4. The van der Waals surface area contributed by atoms with Gasteiger partial charge in [0.15, 0.2) is 5.82 Å². The van der Waals surface area contributed by atoms with E-state index in [-0.39, 0.29) is 18.9 Å². The van der Waals surface area contributed by atoms with Gasteiger partial charge in [-0.05, 0) is 66.2 Å². The normalized spacial score (nSPS) is 12.8. The molecule has 0 saturated carbocycles. The van der Waals surface area contributed by atoms with Crippen LogP contribution in [0.2, 0.25) is 0 Å². The fourth-order valence-electron chi connectivity index (χ4n) is 3.49. The largest absolute Gasteiger partial charge is 0.497 e. The van der Waals surface area contributed by atoms with Crippen molar-refractivity contribution in [2.24, 2.45) is 4.99 Å². The first-order valence-corrected chi connectivity index (χ1v) is 10.4. The van der Waals surface area contributed by atoms with Crippen LogP contribution in [0.25, 0.3) is 0 Å². The molecule has 1 aliphatic rings. The van der Waals surface area contributed by atoms with E-state index < -0.39 is 11.9 Å². The van der Waals surface area contributed by atoms with E-state index in [9.17, 15) is 14.4 Å². The highest BCUT2D eigenvalue weighted by Gasteiger charge is 2.27. The van der Waals surface area contributed by atoms with Gasteiger partial charge in [-0.15, -0.1) is 0 Å². The molecule has 0 aliphatic carbocycles. The minimum Gasteiger partial charge on any atom is -0.497 e. The number of ether oxygens (including phenoxy) is 2. The Balaban J connectivity index is 1.53. The molecule has 34 heavy (non-hydrogen) atoms. The molecule has 1 aliphatic heterocycles. The predicted molar refractivity (Wildman–Crippen MR) is 127 cm³/mol. The van der Waals surface area contributed by atoms with E-state index in [0.717, 1.165) is 5.56 Å². The standard InChI is InChI=1S/C25H22N4O5/c1-33-19-11-7-16(8-12-19)21-14-23(31)29(24-20(28-21)4-3-13-26-24)15-22(30)27-18-9-5-17(6-10-18)25(32)34-2/h3-13H,14-15H2,1-2H3,(H,27,30). The van der Waals surface area contributed by atoms with Crippen LogP contribution < -0.4 is 15.0 Å². The summed E-state index contributed by atoms with van der Waals surface area (Å²) in [4.78, 5) is 47.8. The molecule has 172 valence electrons. The van der Waals surface area contributed by atoms with Crippen molar-refractivity contribution >= 4 is 40.7 Å². The third-order valence-corrected chi connectivity index (χ3v) is 5.21. The maximum atomic E-state index is 13.2. The van der Waals surface area contributed by atoms with Gasteiger partial charge < -0.3 is 14.8 Å². The smallest absolute Gasteiger partial charge is 0.337 e. The summed E-state index contributed by atoms with van der Waals surface area (Å²) in [6, 6.07) is 17.0. The lowest BCUT2D eigenvalue weighted by molar-refractivity contribution is -0.120. The number of aliphatic imine (C=N–C) groups is 1. The number of hydrogen-bond acceptors (Lipinski definition) is 7. The van der Waals surface area contributed by atoms with E-state index in [1.165, 1.54) is 12.0 Å². The molecule has 3 aromatic rings. The maximum absolute atomic E-state index is 13.2. The molecular weight excluding hydrogens is 436 g/mol. The predicted octanol–water partition coefficient (Wildman–Crippen LogP) is 3.37. The highest BCUT2D eigenvalue weighted by atomic mass is 16.5. The fourth-order valence-corrected chi connectivity index (χ4v) is 3.49. The number of rotatable bonds is 6. The van der Waals surface area contributed by atoms with Crippen molar-refractivity contribution in [2.45, 2.75) is 6.42 Å². The maximum Gasteiger partial charge on any atom is 0.337 e. The van der Waals surface area contributed by atoms with Gasteiger partial charge >= 0.3 is 5.97 Å². The zero-order valence-electron chi connectivity index (χ0n) is 18.6. The van der Waals surface area contributed by atoms with E-state index in [4.69, 9.17) is 4.74 Å². The van der Waals surface area contributed by atoms with Gasteiger partial charge in [-0.1, -0.05) is 0 Å². The number of nitrogens with zero attached hydrogens (tertiary/aromatic N) is 3. The van der Waals surface area contributed by atoms with Gasteiger partial charge in [0.1, 0.15) is 18.0 Å². The average Bonchev–Trinajstić information content (AvgIpc) is 3.00. The lowest BCUT2D eigenvalue weighted by atomic mass is 10.1. The molecule has 2 amide bonds. The van der Waals surface area contributed by atoms with Crippen LogP contribution in [0.1, 0.15) is 22.3 Å². The van der Waals surface area contributed by atoms with Crippen LogP contribution in [-0.4, -0.2) is 49.2 Å². The van der Waals surface area contributed by atoms with Crippen LogP contribution in [-0.2, 0) is 14.3 Å². The van der Waals surface area contributed by atoms with E-state index in [2.05, 4.69) is 20.0 Å². The van der Waals surface area contributed by atoms with Crippen molar-refractivity contribution in [3.8, 4) is 5.75 Å². The quantitative estimate of drug-likeness (QED) is 0.567. The number of benzene rings is 2. The van der Waals surface area contributed by atoms with Gasteiger partial charge in [-0.2, -0.15) is 0 Å².